The van der Waals surface area contributed by atoms with E-state index in [9.17, 15) is 14.7 Å². The maximum absolute atomic E-state index is 13.1. The van der Waals surface area contributed by atoms with E-state index in [0.717, 1.165) is 12.0 Å². The Labute approximate surface area is 221 Å². The molecule has 3 aromatic rings. The largest absolute Gasteiger partial charge is 0.387 e. The smallest absolute Gasteiger partial charge is 0.322 e. The third-order valence-corrected chi connectivity index (χ3v) is 6.65. The third-order valence-electron chi connectivity index (χ3n) is 5.91. The quantitative estimate of drug-likeness (QED) is 0.313. The summed E-state index contributed by atoms with van der Waals surface area (Å²) in [5.41, 5.74) is 2.77. The second-order valence-corrected chi connectivity index (χ2v) is 9.29. The van der Waals surface area contributed by atoms with E-state index in [2.05, 4.69) is 15.6 Å². The zero-order valence-electron chi connectivity index (χ0n) is 20.2. The average Bonchev–Trinajstić information content (AvgIpc) is 2.89. The fraction of sp³-hybridized carbons (Fsp3) is 0.296. The van der Waals surface area contributed by atoms with Gasteiger partial charge in [-0.25, -0.2) is 4.79 Å². The van der Waals surface area contributed by atoms with Gasteiger partial charge in [-0.3, -0.25) is 9.78 Å². The van der Waals surface area contributed by atoms with E-state index in [-0.39, 0.29) is 24.5 Å². The molecule has 0 bridgehead atoms. The molecule has 0 saturated heterocycles. The molecule has 9 heteroatoms. The van der Waals surface area contributed by atoms with Crippen molar-refractivity contribution in [1.82, 2.24) is 15.2 Å². The van der Waals surface area contributed by atoms with Crippen molar-refractivity contribution in [3.8, 4) is 0 Å². The molecule has 7 nitrogen and oxygen atoms in total. The number of rotatable bonds is 10. The average molecular weight is 529 g/mol. The van der Waals surface area contributed by atoms with Gasteiger partial charge in [0.15, 0.2) is 0 Å². The minimum atomic E-state index is -0.913. The van der Waals surface area contributed by atoms with E-state index >= 15 is 0 Å². The zero-order chi connectivity index (χ0) is 26.1. The number of aliphatic hydroxyl groups is 1. The first-order chi connectivity index (χ1) is 17.3. The lowest BCUT2D eigenvalue weighted by Crippen LogP contribution is -2.43. The van der Waals surface area contributed by atoms with Crippen molar-refractivity contribution in [2.24, 2.45) is 0 Å². The maximum Gasteiger partial charge on any atom is 0.322 e. The Morgan fingerprint density at radius 2 is 1.83 bits per heavy atom. The number of benzene rings is 2. The van der Waals surface area contributed by atoms with Crippen molar-refractivity contribution in [3.63, 3.8) is 0 Å². The van der Waals surface area contributed by atoms with E-state index in [0.29, 0.717) is 39.8 Å². The number of aromatic nitrogens is 1. The molecule has 190 valence electrons. The van der Waals surface area contributed by atoms with Crippen LogP contribution in [0.3, 0.4) is 0 Å². The summed E-state index contributed by atoms with van der Waals surface area (Å²) in [6.07, 6.45) is 3.61. The van der Waals surface area contributed by atoms with Crippen LogP contribution < -0.4 is 10.6 Å². The van der Waals surface area contributed by atoms with E-state index in [1.54, 1.807) is 41.4 Å². The number of carbonyl (C=O) groups is 2. The van der Waals surface area contributed by atoms with E-state index < -0.39 is 6.10 Å². The van der Waals surface area contributed by atoms with Gasteiger partial charge in [-0.2, -0.15) is 0 Å². The molecule has 2 atom stereocenters. The molecule has 3 rings (SSSR count). The Morgan fingerprint density at radius 1 is 1.08 bits per heavy atom. The Hall–Kier alpha value is -3.13. The Morgan fingerprint density at radius 3 is 2.47 bits per heavy atom. The Bertz CT molecular complexity index is 1160. The van der Waals surface area contributed by atoms with Crippen molar-refractivity contribution < 1.29 is 14.7 Å². The van der Waals surface area contributed by atoms with Gasteiger partial charge in [0.1, 0.15) is 0 Å². The second kappa shape index (κ2) is 13.3. The molecule has 0 saturated carbocycles. The summed E-state index contributed by atoms with van der Waals surface area (Å²) in [7, 11) is 0. The molecule has 1 heterocycles. The summed E-state index contributed by atoms with van der Waals surface area (Å²) >= 11 is 12.1. The van der Waals surface area contributed by atoms with Crippen molar-refractivity contribution in [2.45, 2.75) is 38.8 Å². The number of halogens is 2. The molecule has 0 aliphatic heterocycles. The number of pyridine rings is 1. The summed E-state index contributed by atoms with van der Waals surface area (Å²) in [6, 6.07) is 15.4. The first-order valence-corrected chi connectivity index (χ1v) is 12.5. The molecule has 3 amide bonds. The first-order valence-electron chi connectivity index (χ1n) is 11.8. The number of aliphatic hydroxyl groups excluding tert-OH is 1. The molecule has 3 N–H and O–H groups in total. The predicted molar refractivity (Wildman–Crippen MR) is 144 cm³/mol. The second-order valence-electron chi connectivity index (χ2n) is 8.47. The summed E-state index contributed by atoms with van der Waals surface area (Å²) in [5, 5.41) is 17.3. The summed E-state index contributed by atoms with van der Waals surface area (Å²) in [6.45, 7) is 4.50. The lowest BCUT2D eigenvalue weighted by Gasteiger charge is -2.31. The number of amides is 3. The van der Waals surface area contributed by atoms with Gasteiger partial charge in [0.25, 0.3) is 5.91 Å². The van der Waals surface area contributed by atoms with Crippen molar-refractivity contribution in [2.75, 3.05) is 18.4 Å². The summed E-state index contributed by atoms with van der Waals surface area (Å²) < 4.78 is 0. The van der Waals surface area contributed by atoms with Crippen LogP contribution in [0.15, 0.2) is 67.0 Å². The van der Waals surface area contributed by atoms with E-state index in [1.807, 2.05) is 38.1 Å². The van der Waals surface area contributed by atoms with Crippen LogP contribution >= 0.6 is 23.2 Å². The maximum atomic E-state index is 13.1. The molecule has 1 aromatic heterocycles. The molecular weight excluding hydrogens is 499 g/mol. The standard InChI is InChI=1S/C27H30Cl2N4O3/c1-3-18(2)33(17-25(34)20-8-11-23(28)24(29)15-20)27(36)32-22-9-6-19(7-10-22)12-14-31-26(35)21-5-4-13-30-16-21/h4-11,13,15-16,18,25,34H,3,12,14,17H2,1-2H3,(H,31,35)(H,32,36)/t18-,25-/m1/s1. The Balaban J connectivity index is 1.56. The normalized spacial score (nSPS) is 12.5. The van der Waals surface area contributed by atoms with Gasteiger partial charge in [-0.15, -0.1) is 0 Å². The van der Waals surface area contributed by atoms with Crippen LogP contribution in [0.25, 0.3) is 0 Å². The Kier molecular flexibility index (Phi) is 10.1. The van der Waals surface area contributed by atoms with Crippen LogP contribution in [0.1, 0.15) is 47.9 Å². The number of anilines is 1. The molecular formula is C27H30Cl2N4O3. The number of nitrogens with zero attached hydrogens (tertiary/aromatic N) is 2. The predicted octanol–water partition coefficient (Wildman–Crippen LogP) is 5.73. The number of hydrogen-bond acceptors (Lipinski definition) is 4. The van der Waals surface area contributed by atoms with Crippen LogP contribution in [-0.2, 0) is 6.42 Å². The molecule has 2 aromatic carbocycles. The minimum Gasteiger partial charge on any atom is -0.387 e. The summed E-state index contributed by atoms with van der Waals surface area (Å²) in [5.74, 6) is -0.167. The van der Waals surface area contributed by atoms with Gasteiger partial charge in [0.05, 0.1) is 28.3 Å². The van der Waals surface area contributed by atoms with Crippen LogP contribution in [-0.4, -0.2) is 46.1 Å². The molecule has 0 spiro atoms. The van der Waals surface area contributed by atoms with Crippen LogP contribution in [0, 0.1) is 0 Å². The monoisotopic (exact) mass is 528 g/mol. The van der Waals surface area contributed by atoms with Crippen LogP contribution in [0.4, 0.5) is 10.5 Å². The third kappa shape index (κ3) is 7.68. The van der Waals surface area contributed by atoms with Crippen molar-refractivity contribution >= 4 is 40.8 Å². The van der Waals surface area contributed by atoms with Gasteiger partial charge >= 0.3 is 6.03 Å². The van der Waals surface area contributed by atoms with Crippen molar-refractivity contribution in [3.05, 3.63) is 93.7 Å². The zero-order valence-corrected chi connectivity index (χ0v) is 21.8. The topological polar surface area (TPSA) is 94.6 Å². The van der Waals surface area contributed by atoms with Gasteiger partial charge in [-0.1, -0.05) is 48.3 Å². The minimum absolute atomic E-state index is 0.0925. The first kappa shape index (κ1) is 27.5. The number of carbonyl (C=O) groups excluding carboxylic acids is 2. The fourth-order valence-corrected chi connectivity index (χ4v) is 3.87. The van der Waals surface area contributed by atoms with E-state index in [4.69, 9.17) is 23.2 Å². The number of urea groups is 1. The number of nitrogens with one attached hydrogen (secondary N) is 2. The van der Waals surface area contributed by atoms with Crippen LogP contribution in [0.5, 0.6) is 0 Å². The molecule has 0 unspecified atom stereocenters. The van der Waals surface area contributed by atoms with Crippen LogP contribution in [0.2, 0.25) is 10.0 Å². The fourth-order valence-electron chi connectivity index (χ4n) is 3.56. The summed E-state index contributed by atoms with van der Waals surface area (Å²) in [4.78, 5) is 30.7. The highest BCUT2D eigenvalue weighted by atomic mass is 35.5. The lowest BCUT2D eigenvalue weighted by molar-refractivity contribution is 0.0953. The highest BCUT2D eigenvalue weighted by molar-refractivity contribution is 6.42. The highest BCUT2D eigenvalue weighted by Gasteiger charge is 2.23. The molecule has 0 aliphatic carbocycles. The van der Waals surface area contributed by atoms with Crippen molar-refractivity contribution in [1.29, 1.82) is 0 Å². The van der Waals surface area contributed by atoms with Gasteiger partial charge < -0.3 is 20.6 Å². The SMILES string of the molecule is CC[C@@H](C)N(C[C@@H](O)c1ccc(Cl)c(Cl)c1)C(=O)Nc1ccc(CCNC(=O)c2cccnc2)cc1. The van der Waals surface area contributed by atoms with Gasteiger partial charge in [0.2, 0.25) is 0 Å². The molecule has 36 heavy (non-hydrogen) atoms. The van der Waals surface area contributed by atoms with E-state index in [1.165, 1.54) is 6.20 Å². The molecule has 0 radical (unpaired) electrons. The lowest BCUT2D eigenvalue weighted by atomic mass is 10.1. The molecule has 0 aliphatic rings. The van der Waals surface area contributed by atoms with Gasteiger partial charge in [0, 0.05) is 30.7 Å². The number of hydrogen-bond donors (Lipinski definition) is 3. The highest BCUT2D eigenvalue weighted by Crippen LogP contribution is 2.26. The van der Waals surface area contributed by atoms with Gasteiger partial charge in [-0.05, 0) is 67.3 Å². The molecule has 0 fully saturated rings.